The molecule has 1 N–H and O–H groups in total. The average molecular weight is 475 g/mol. The lowest BCUT2D eigenvalue weighted by Gasteiger charge is -2.55. The number of nitro groups is 1. The Balaban J connectivity index is 1.39. The summed E-state index contributed by atoms with van der Waals surface area (Å²) in [5.41, 5.74) is 6.89. The van der Waals surface area contributed by atoms with Gasteiger partial charge in [0.25, 0.3) is 5.69 Å². The van der Waals surface area contributed by atoms with Crippen molar-refractivity contribution in [3.63, 3.8) is 0 Å². The van der Waals surface area contributed by atoms with Crippen LogP contribution < -0.4 is 5.32 Å². The Morgan fingerprint density at radius 1 is 1.03 bits per heavy atom. The van der Waals surface area contributed by atoms with Gasteiger partial charge in [-0.05, 0) is 95.4 Å². The number of nitro benzene ring substituents is 1. The first-order chi connectivity index (χ1) is 16.7. The normalized spacial score (nSPS) is 28.5. The fourth-order valence-electron chi connectivity index (χ4n) is 7.87. The highest BCUT2D eigenvalue weighted by Crippen LogP contribution is 2.57. The second kappa shape index (κ2) is 9.26. The van der Waals surface area contributed by atoms with Gasteiger partial charge in [-0.25, -0.2) is 0 Å². The summed E-state index contributed by atoms with van der Waals surface area (Å²) in [6.07, 6.45) is 10.7. The zero-order valence-corrected chi connectivity index (χ0v) is 22.0. The quantitative estimate of drug-likeness (QED) is 0.337. The molecule has 5 rings (SSSR count). The van der Waals surface area contributed by atoms with E-state index in [1.54, 1.807) is 11.1 Å². The molecule has 2 fully saturated rings. The molecule has 4 nitrogen and oxygen atoms in total. The third-order valence-corrected chi connectivity index (χ3v) is 9.90. The van der Waals surface area contributed by atoms with Gasteiger partial charge in [-0.2, -0.15) is 0 Å². The molecule has 0 radical (unpaired) electrons. The lowest BCUT2D eigenvalue weighted by Crippen LogP contribution is -2.51. The van der Waals surface area contributed by atoms with Gasteiger partial charge in [-0.15, -0.1) is 0 Å². The maximum atomic E-state index is 12.0. The van der Waals surface area contributed by atoms with Gasteiger partial charge in [0.1, 0.15) is 5.69 Å². The van der Waals surface area contributed by atoms with E-state index in [4.69, 9.17) is 0 Å². The molecule has 0 aromatic heterocycles. The van der Waals surface area contributed by atoms with Crippen LogP contribution in [0.5, 0.6) is 0 Å². The summed E-state index contributed by atoms with van der Waals surface area (Å²) < 4.78 is 0. The lowest BCUT2D eigenvalue weighted by atomic mass is 9.49. The van der Waals surface area contributed by atoms with Gasteiger partial charge in [0.05, 0.1) is 4.92 Å². The van der Waals surface area contributed by atoms with E-state index in [9.17, 15) is 10.1 Å². The largest absolute Gasteiger partial charge is 0.379 e. The highest BCUT2D eigenvalue weighted by molar-refractivity contribution is 5.63. The molecule has 0 aliphatic heterocycles. The summed E-state index contributed by atoms with van der Waals surface area (Å²) in [6.45, 7) is 10.3. The summed E-state index contributed by atoms with van der Waals surface area (Å²) in [5.74, 6) is 1.62. The molecule has 0 heterocycles. The topological polar surface area (TPSA) is 55.2 Å². The Morgan fingerprint density at radius 3 is 2.51 bits per heavy atom. The number of nitrogens with one attached hydrogen (secondary N) is 1. The Bertz CT molecular complexity index is 1100. The van der Waals surface area contributed by atoms with E-state index < -0.39 is 0 Å². The number of benzene rings is 2. The zero-order chi connectivity index (χ0) is 24.8. The van der Waals surface area contributed by atoms with E-state index in [-0.39, 0.29) is 21.4 Å². The molecule has 3 atom stereocenters. The van der Waals surface area contributed by atoms with E-state index in [1.807, 2.05) is 12.1 Å². The fourth-order valence-corrected chi connectivity index (χ4v) is 7.87. The summed E-state index contributed by atoms with van der Waals surface area (Å²) >= 11 is 0. The van der Waals surface area contributed by atoms with Crippen molar-refractivity contribution in [3.05, 3.63) is 68.8 Å². The van der Waals surface area contributed by atoms with E-state index in [1.165, 1.54) is 44.1 Å². The average Bonchev–Trinajstić information content (AvgIpc) is 3.37. The summed E-state index contributed by atoms with van der Waals surface area (Å²) in [5, 5.41) is 15.6. The van der Waals surface area contributed by atoms with Crippen molar-refractivity contribution in [2.75, 3.05) is 11.9 Å². The van der Waals surface area contributed by atoms with Gasteiger partial charge in [-0.3, -0.25) is 10.1 Å². The van der Waals surface area contributed by atoms with Crippen molar-refractivity contribution >= 4 is 11.4 Å². The van der Waals surface area contributed by atoms with Crippen LogP contribution in [0.2, 0.25) is 0 Å². The number of anilines is 1. The monoisotopic (exact) mass is 474 g/mol. The smallest absolute Gasteiger partial charge is 0.292 e. The van der Waals surface area contributed by atoms with Gasteiger partial charge in [0.2, 0.25) is 0 Å². The molecule has 4 heteroatoms. The van der Waals surface area contributed by atoms with Crippen molar-refractivity contribution in [1.82, 2.24) is 0 Å². The van der Waals surface area contributed by atoms with Crippen LogP contribution in [-0.4, -0.2) is 11.5 Å². The Kier molecular flexibility index (Phi) is 6.44. The SMILES string of the molecule is CC(C)c1ccc2c(c1)CC[C@H]1[C@@](C)(CNc3ccc(C4CCCC4)cc3[N+](=O)[O-])CCC[C@]21C. The minimum atomic E-state index is -0.197. The molecule has 3 aliphatic carbocycles. The molecule has 2 aromatic carbocycles. The number of hydrogen-bond donors (Lipinski definition) is 1. The summed E-state index contributed by atoms with van der Waals surface area (Å²) in [4.78, 5) is 11.8. The number of hydrogen-bond acceptors (Lipinski definition) is 3. The van der Waals surface area contributed by atoms with Gasteiger partial charge in [0, 0.05) is 12.6 Å². The van der Waals surface area contributed by atoms with Crippen LogP contribution in [-0.2, 0) is 11.8 Å². The number of fused-ring (bicyclic) bond motifs is 3. The molecule has 0 spiro atoms. The van der Waals surface area contributed by atoms with Crippen LogP contribution in [0.1, 0.15) is 113 Å². The van der Waals surface area contributed by atoms with E-state index in [0.717, 1.165) is 31.4 Å². The van der Waals surface area contributed by atoms with E-state index in [0.29, 0.717) is 23.4 Å². The predicted octanol–water partition coefficient (Wildman–Crippen LogP) is 8.50. The van der Waals surface area contributed by atoms with Crippen LogP contribution in [0, 0.1) is 21.4 Å². The molecule has 0 saturated heterocycles. The zero-order valence-electron chi connectivity index (χ0n) is 22.0. The highest BCUT2D eigenvalue weighted by atomic mass is 16.6. The van der Waals surface area contributed by atoms with Crippen molar-refractivity contribution in [1.29, 1.82) is 0 Å². The van der Waals surface area contributed by atoms with Crippen molar-refractivity contribution in [2.24, 2.45) is 11.3 Å². The molecule has 3 aliphatic rings. The first-order valence-corrected chi connectivity index (χ1v) is 13.9. The van der Waals surface area contributed by atoms with Gasteiger partial charge < -0.3 is 5.32 Å². The Morgan fingerprint density at radius 2 is 1.80 bits per heavy atom. The van der Waals surface area contributed by atoms with Gasteiger partial charge >= 0.3 is 0 Å². The minimum absolute atomic E-state index is 0.111. The van der Waals surface area contributed by atoms with Crippen molar-refractivity contribution in [3.8, 4) is 0 Å². The third kappa shape index (κ3) is 4.38. The van der Waals surface area contributed by atoms with Crippen LogP contribution >= 0.6 is 0 Å². The molecule has 2 saturated carbocycles. The van der Waals surface area contributed by atoms with Gasteiger partial charge in [0.15, 0.2) is 0 Å². The number of aryl methyl sites for hydroxylation is 1. The maximum absolute atomic E-state index is 12.0. The Labute approximate surface area is 211 Å². The second-order valence-electron chi connectivity index (χ2n) is 12.5. The second-order valence-corrected chi connectivity index (χ2v) is 12.5. The van der Waals surface area contributed by atoms with Gasteiger partial charge in [-0.1, -0.05) is 71.2 Å². The maximum Gasteiger partial charge on any atom is 0.292 e. The van der Waals surface area contributed by atoms with Crippen molar-refractivity contribution < 1.29 is 4.92 Å². The molecular weight excluding hydrogens is 432 g/mol. The molecule has 0 amide bonds. The minimum Gasteiger partial charge on any atom is -0.379 e. The van der Waals surface area contributed by atoms with E-state index in [2.05, 4.69) is 57.3 Å². The van der Waals surface area contributed by atoms with Crippen LogP contribution in [0.3, 0.4) is 0 Å². The molecule has 188 valence electrons. The van der Waals surface area contributed by atoms with Crippen molar-refractivity contribution in [2.45, 2.75) is 103 Å². The third-order valence-electron chi connectivity index (χ3n) is 9.90. The standard InChI is InChI=1S/C31H42N2O2/c1-21(2)23-10-13-26-25(18-23)12-15-29-30(3,16-7-17-31(26,29)4)20-32-27-14-11-24(19-28(27)33(34)35)22-8-5-6-9-22/h10-11,13-14,18-19,21-22,29,32H,5-9,12,15-17,20H2,1-4H3/t29-,30+,31+/m0/s1. The molecular formula is C31H42N2O2. The Hall–Kier alpha value is -2.36. The molecule has 2 aromatic rings. The number of rotatable bonds is 6. The summed E-state index contributed by atoms with van der Waals surface area (Å²) in [6, 6.07) is 13.2. The first-order valence-electron chi connectivity index (χ1n) is 13.9. The molecule has 35 heavy (non-hydrogen) atoms. The van der Waals surface area contributed by atoms with E-state index >= 15 is 0 Å². The highest BCUT2D eigenvalue weighted by Gasteiger charge is 2.51. The van der Waals surface area contributed by atoms with Crippen LogP contribution in [0.4, 0.5) is 11.4 Å². The predicted molar refractivity (Wildman–Crippen MR) is 144 cm³/mol. The summed E-state index contributed by atoms with van der Waals surface area (Å²) in [7, 11) is 0. The molecule has 0 unspecified atom stereocenters. The van der Waals surface area contributed by atoms with Crippen LogP contribution in [0.25, 0.3) is 0 Å². The lowest BCUT2D eigenvalue weighted by molar-refractivity contribution is -0.384. The van der Waals surface area contributed by atoms with Crippen LogP contribution in [0.15, 0.2) is 36.4 Å². The fraction of sp³-hybridized carbons (Fsp3) is 0.613. The number of nitrogens with zero attached hydrogens (tertiary/aromatic N) is 1. The first kappa shape index (κ1) is 24.3. The molecule has 0 bridgehead atoms.